The summed E-state index contributed by atoms with van der Waals surface area (Å²) >= 11 is 3.32. The largest absolute Gasteiger partial charge is 0.477 e. The van der Waals surface area contributed by atoms with Crippen molar-refractivity contribution >= 4 is 33.7 Å². The lowest BCUT2D eigenvalue weighted by Gasteiger charge is -2.05. The first kappa shape index (κ1) is 16.6. The van der Waals surface area contributed by atoms with Gasteiger partial charge >= 0.3 is 5.69 Å². The molecule has 0 saturated heterocycles. The number of hydrogen-bond acceptors (Lipinski definition) is 5. The van der Waals surface area contributed by atoms with E-state index in [4.69, 9.17) is 4.74 Å². The third kappa shape index (κ3) is 5.19. The molecule has 1 amide bonds. The number of nitrogens with one attached hydrogen (secondary N) is 1. The van der Waals surface area contributed by atoms with Crippen molar-refractivity contribution in [1.29, 1.82) is 0 Å². The van der Waals surface area contributed by atoms with E-state index in [2.05, 4.69) is 26.5 Å². The minimum Gasteiger partial charge on any atom is -0.477 e. The summed E-state index contributed by atoms with van der Waals surface area (Å²) in [5.74, 6) is -0.485. The maximum atomic E-state index is 11.6. The molecule has 2 aromatic carbocycles. The summed E-state index contributed by atoms with van der Waals surface area (Å²) in [5.41, 5.74) is 2.91. The van der Waals surface area contributed by atoms with Crippen LogP contribution < -0.4 is 10.2 Å². The maximum absolute atomic E-state index is 11.6. The second-order valence-corrected chi connectivity index (χ2v) is 5.27. The molecule has 8 heteroatoms. The Labute approximate surface area is 140 Å². The SMILES string of the molecule is O=C(COc1ccccc1[N+](=O)[O-])NN=Cc1ccc(Br)cc1. The van der Waals surface area contributed by atoms with Crippen molar-refractivity contribution in [3.05, 3.63) is 68.7 Å². The molecule has 0 saturated carbocycles. The Morgan fingerprint density at radius 1 is 1.26 bits per heavy atom. The van der Waals surface area contributed by atoms with E-state index >= 15 is 0 Å². The quantitative estimate of drug-likeness (QED) is 0.475. The van der Waals surface area contributed by atoms with Crippen molar-refractivity contribution in [2.75, 3.05) is 6.61 Å². The van der Waals surface area contributed by atoms with E-state index in [-0.39, 0.29) is 18.0 Å². The van der Waals surface area contributed by atoms with Crippen molar-refractivity contribution in [1.82, 2.24) is 5.43 Å². The number of ether oxygens (including phenoxy) is 1. The van der Waals surface area contributed by atoms with Crippen LogP contribution in [0, 0.1) is 10.1 Å². The zero-order valence-corrected chi connectivity index (χ0v) is 13.4. The van der Waals surface area contributed by atoms with Crippen LogP contribution in [0.3, 0.4) is 0 Å². The number of carbonyl (C=O) groups excluding carboxylic acids is 1. The predicted octanol–water partition coefficient (Wildman–Crippen LogP) is 2.89. The van der Waals surface area contributed by atoms with E-state index in [0.717, 1.165) is 10.0 Å². The van der Waals surface area contributed by atoms with Gasteiger partial charge < -0.3 is 4.74 Å². The molecule has 0 fully saturated rings. The molecule has 0 aliphatic rings. The van der Waals surface area contributed by atoms with Gasteiger partial charge in [0.15, 0.2) is 12.4 Å². The number of halogens is 1. The van der Waals surface area contributed by atoms with Crippen molar-refractivity contribution in [3.63, 3.8) is 0 Å². The molecule has 0 aliphatic carbocycles. The molecule has 0 aromatic heterocycles. The van der Waals surface area contributed by atoms with Crippen LogP contribution in [0.25, 0.3) is 0 Å². The standard InChI is InChI=1S/C15H12BrN3O4/c16-12-7-5-11(6-8-12)9-17-18-15(20)10-23-14-4-2-1-3-13(14)19(21)22/h1-9H,10H2,(H,18,20). The van der Waals surface area contributed by atoms with E-state index in [1.54, 1.807) is 6.07 Å². The van der Waals surface area contributed by atoms with Crippen molar-refractivity contribution in [2.45, 2.75) is 0 Å². The topological polar surface area (TPSA) is 93.8 Å². The van der Waals surface area contributed by atoms with Gasteiger partial charge in [-0.25, -0.2) is 5.43 Å². The van der Waals surface area contributed by atoms with Gasteiger partial charge in [-0.15, -0.1) is 0 Å². The smallest absolute Gasteiger partial charge is 0.310 e. The molecule has 23 heavy (non-hydrogen) atoms. The second-order valence-electron chi connectivity index (χ2n) is 4.36. The van der Waals surface area contributed by atoms with Crippen LogP contribution >= 0.6 is 15.9 Å². The summed E-state index contributed by atoms with van der Waals surface area (Å²) in [6.45, 7) is -0.372. The Hall–Kier alpha value is -2.74. The minimum absolute atomic E-state index is 0.0320. The number of nitrogens with zero attached hydrogens (tertiary/aromatic N) is 2. The van der Waals surface area contributed by atoms with Gasteiger partial charge in [0, 0.05) is 10.5 Å². The van der Waals surface area contributed by atoms with Gasteiger partial charge in [0.25, 0.3) is 5.91 Å². The first-order valence-corrected chi connectivity index (χ1v) is 7.29. The molecule has 0 radical (unpaired) electrons. The molecule has 1 N–H and O–H groups in total. The lowest BCUT2D eigenvalue weighted by molar-refractivity contribution is -0.385. The minimum atomic E-state index is -0.571. The first-order valence-electron chi connectivity index (χ1n) is 6.50. The van der Waals surface area contributed by atoms with Crippen LogP contribution in [-0.4, -0.2) is 23.7 Å². The Bertz CT molecular complexity index is 732. The van der Waals surface area contributed by atoms with Gasteiger partial charge in [-0.1, -0.05) is 40.2 Å². The highest BCUT2D eigenvalue weighted by atomic mass is 79.9. The van der Waals surface area contributed by atoms with Crippen LogP contribution in [0.15, 0.2) is 58.1 Å². The summed E-state index contributed by atoms with van der Waals surface area (Å²) in [7, 11) is 0. The Morgan fingerprint density at radius 3 is 2.65 bits per heavy atom. The molecule has 118 valence electrons. The number of nitro groups is 1. The summed E-state index contributed by atoms with van der Waals surface area (Å²) in [5, 5.41) is 14.6. The molecular weight excluding hydrogens is 366 g/mol. The number of hydrazone groups is 1. The molecule has 2 aromatic rings. The lowest BCUT2D eigenvalue weighted by Crippen LogP contribution is -2.24. The molecule has 0 aliphatic heterocycles. The second kappa shape index (κ2) is 8.04. The summed E-state index contributed by atoms with van der Waals surface area (Å²) in [6, 6.07) is 13.2. The van der Waals surface area contributed by atoms with Gasteiger partial charge in [-0.3, -0.25) is 14.9 Å². The molecule has 2 rings (SSSR count). The third-order valence-electron chi connectivity index (χ3n) is 2.69. The number of rotatable bonds is 6. The van der Waals surface area contributed by atoms with Crippen molar-refractivity contribution in [2.24, 2.45) is 5.10 Å². The zero-order valence-electron chi connectivity index (χ0n) is 11.8. The number of nitro benzene ring substituents is 1. The van der Waals surface area contributed by atoms with E-state index in [9.17, 15) is 14.9 Å². The molecule has 0 heterocycles. The Balaban J connectivity index is 1.86. The van der Waals surface area contributed by atoms with Gasteiger partial charge in [-0.2, -0.15) is 5.10 Å². The molecule has 0 bridgehead atoms. The highest BCUT2D eigenvalue weighted by molar-refractivity contribution is 9.10. The van der Waals surface area contributed by atoms with E-state index in [1.165, 1.54) is 24.4 Å². The van der Waals surface area contributed by atoms with Gasteiger partial charge in [0.05, 0.1) is 11.1 Å². The third-order valence-corrected chi connectivity index (χ3v) is 3.22. The average molecular weight is 378 g/mol. The summed E-state index contributed by atoms with van der Waals surface area (Å²) in [6.07, 6.45) is 1.48. The molecule has 0 unspecified atom stereocenters. The molecule has 0 atom stereocenters. The monoisotopic (exact) mass is 377 g/mol. The van der Waals surface area contributed by atoms with Gasteiger partial charge in [0.1, 0.15) is 0 Å². The van der Waals surface area contributed by atoms with E-state index < -0.39 is 10.8 Å². The number of amides is 1. The highest BCUT2D eigenvalue weighted by Crippen LogP contribution is 2.25. The normalized spacial score (nSPS) is 10.5. The van der Waals surface area contributed by atoms with Crippen LogP contribution in [0.5, 0.6) is 5.75 Å². The number of carbonyl (C=O) groups is 1. The van der Waals surface area contributed by atoms with Crippen LogP contribution in [-0.2, 0) is 4.79 Å². The average Bonchev–Trinajstić information content (AvgIpc) is 2.55. The summed E-state index contributed by atoms with van der Waals surface area (Å²) < 4.78 is 6.09. The van der Waals surface area contributed by atoms with E-state index in [1.807, 2.05) is 24.3 Å². The number of para-hydroxylation sites is 2. The van der Waals surface area contributed by atoms with Crippen LogP contribution in [0.4, 0.5) is 5.69 Å². The molecule has 7 nitrogen and oxygen atoms in total. The van der Waals surface area contributed by atoms with Crippen molar-refractivity contribution < 1.29 is 14.5 Å². The number of benzene rings is 2. The van der Waals surface area contributed by atoms with Crippen LogP contribution in [0.1, 0.15) is 5.56 Å². The molecule has 0 spiro atoms. The lowest BCUT2D eigenvalue weighted by atomic mass is 10.2. The summed E-state index contributed by atoms with van der Waals surface area (Å²) in [4.78, 5) is 21.9. The predicted molar refractivity (Wildman–Crippen MR) is 88.5 cm³/mol. The fourth-order valence-electron chi connectivity index (χ4n) is 1.63. The van der Waals surface area contributed by atoms with Gasteiger partial charge in [-0.05, 0) is 23.8 Å². The maximum Gasteiger partial charge on any atom is 0.310 e. The van der Waals surface area contributed by atoms with Crippen molar-refractivity contribution in [3.8, 4) is 5.75 Å². The Morgan fingerprint density at radius 2 is 1.96 bits per heavy atom. The van der Waals surface area contributed by atoms with Gasteiger partial charge in [0.2, 0.25) is 0 Å². The van der Waals surface area contributed by atoms with Crippen LogP contribution in [0.2, 0.25) is 0 Å². The fourth-order valence-corrected chi connectivity index (χ4v) is 1.90. The Kier molecular flexibility index (Phi) is 5.81. The molecular formula is C15H12BrN3O4. The fraction of sp³-hybridized carbons (Fsp3) is 0.0667. The number of hydrogen-bond donors (Lipinski definition) is 1. The van der Waals surface area contributed by atoms with E-state index in [0.29, 0.717) is 0 Å². The zero-order chi connectivity index (χ0) is 16.7. The highest BCUT2D eigenvalue weighted by Gasteiger charge is 2.14. The first-order chi connectivity index (χ1) is 11.1.